The number of carbonyl (C=O) groups is 1. The number of carbonyl (C=O) groups excluding carboxylic acids is 1. The second kappa shape index (κ2) is 10.2. The first kappa shape index (κ1) is 22.8. The number of hydrogen-bond acceptors (Lipinski definition) is 3. The lowest BCUT2D eigenvalue weighted by molar-refractivity contribution is -0.137. The zero-order valence-electron chi connectivity index (χ0n) is 14.8. The number of amides is 1. The van der Waals surface area contributed by atoms with Crippen LogP contribution in [0.25, 0.3) is 0 Å². The highest BCUT2D eigenvalue weighted by Gasteiger charge is 2.30. The monoisotopic (exact) mass is 402 g/mol. The van der Waals surface area contributed by atoms with Gasteiger partial charge < -0.3 is 15.8 Å². The molecular formula is C19H22ClF3N2O2. The van der Waals surface area contributed by atoms with Gasteiger partial charge in [-0.05, 0) is 41.8 Å². The summed E-state index contributed by atoms with van der Waals surface area (Å²) in [5, 5.41) is 2.74. The zero-order chi connectivity index (χ0) is 19.2. The van der Waals surface area contributed by atoms with Gasteiger partial charge in [-0.15, -0.1) is 12.4 Å². The molecule has 3 N–H and O–H groups in total. The maximum atomic E-state index is 12.7. The minimum absolute atomic E-state index is 0. The minimum atomic E-state index is -4.37. The highest BCUT2D eigenvalue weighted by molar-refractivity contribution is 5.85. The molecule has 0 saturated heterocycles. The summed E-state index contributed by atoms with van der Waals surface area (Å²) in [6, 6.07) is 11.5. The average Bonchev–Trinajstić information content (AvgIpc) is 2.64. The van der Waals surface area contributed by atoms with Gasteiger partial charge >= 0.3 is 6.18 Å². The number of nitrogens with two attached hydrogens (primary N) is 1. The Labute approximate surface area is 162 Å². The molecule has 0 radical (unpaired) electrons. The number of benzene rings is 2. The SMILES string of the molecule is CC[C@@H](N)C(=O)NCc1ccc(OCc2cccc(C(F)(F)F)c2)cc1.Cl. The van der Waals surface area contributed by atoms with E-state index in [0.717, 1.165) is 17.7 Å². The molecule has 1 atom stereocenters. The van der Waals surface area contributed by atoms with E-state index in [9.17, 15) is 18.0 Å². The summed E-state index contributed by atoms with van der Waals surface area (Å²) in [6.07, 6.45) is -3.81. The van der Waals surface area contributed by atoms with Crippen LogP contribution in [-0.2, 0) is 24.1 Å². The van der Waals surface area contributed by atoms with E-state index in [-0.39, 0.29) is 24.9 Å². The fraction of sp³-hybridized carbons (Fsp3) is 0.316. The fourth-order valence-corrected chi connectivity index (χ4v) is 2.21. The molecule has 27 heavy (non-hydrogen) atoms. The van der Waals surface area contributed by atoms with Crippen molar-refractivity contribution >= 4 is 18.3 Å². The second-order valence-corrected chi connectivity index (χ2v) is 5.86. The topological polar surface area (TPSA) is 64.4 Å². The van der Waals surface area contributed by atoms with Crippen molar-refractivity contribution in [2.45, 2.75) is 38.7 Å². The molecule has 8 heteroatoms. The van der Waals surface area contributed by atoms with Crippen LogP contribution in [0, 0.1) is 0 Å². The van der Waals surface area contributed by atoms with Crippen molar-refractivity contribution in [2.75, 3.05) is 0 Å². The number of nitrogens with one attached hydrogen (secondary N) is 1. The standard InChI is InChI=1S/C19H21F3N2O2.ClH/c1-2-17(23)18(25)24-11-13-6-8-16(9-7-13)26-12-14-4-3-5-15(10-14)19(20,21)22;/h3-10,17H,2,11-12,23H2,1H3,(H,24,25);1H/t17-;/m1./s1. The summed E-state index contributed by atoms with van der Waals surface area (Å²) in [5.41, 5.74) is 6.24. The van der Waals surface area contributed by atoms with Gasteiger partial charge in [0.1, 0.15) is 12.4 Å². The number of halogens is 4. The molecule has 2 rings (SSSR count). The van der Waals surface area contributed by atoms with Crippen LogP contribution in [0.2, 0.25) is 0 Å². The molecule has 0 unspecified atom stereocenters. The van der Waals surface area contributed by atoms with Gasteiger partial charge in [0.2, 0.25) is 5.91 Å². The van der Waals surface area contributed by atoms with Crippen molar-refractivity contribution in [1.29, 1.82) is 0 Å². The van der Waals surface area contributed by atoms with Crippen molar-refractivity contribution in [3.63, 3.8) is 0 Å². The largest absolute Gasteiger partial charge is 0.489 e. The van der Waals surface area contributed by atoms with Crippen LogP contribution in [0.3, 0.4) is 0 Å². The highest BCUT2D eigenvalue weighted by atomic mass is 35.5. The average molecular weight is 403 g/mol. The van der Waals surface area contributed by atoms with E-state index in [4.69, 9.17) is 10.5 Å². The van der Waals surface area contributed by atoms with Crippen molar-refractivity contribution in [3.05, 3.63) is 65.2 Å². The van der Waals surface area contributed by atoms with E-state index in [2.05, 4.69) is 5.32 Å². The number of rotatable bonds is 7. The first-order valence-corrected chi connectivity index (χ1v) is 8.20. The van der Waals surface area contributed by atoms with Gasteiger partial charge in [-0.1, -0.05) is 31.2 Å². The maximum absolute atomic E-state index is 12.7. The molecule has 0 bridgehead atoms. The third-order valence-corrected chi connectivity index (χ3v) is 3.83. The Balaban J connectivity index is 0.00000364. The van der Waals surface area contributed by atoms with Gasteiger partial charge in [0.05, 0.1) is 11.6 Å². The summed E-state index contributed by atoms with van der Waals surface area (Å²) in [6.45, 7) is 2.21. The molecule has 0 aliphatic rings. The van der Waals surface area contributed by atoms with E-state index in [1.165, 1.54) is 6.07 Å². The van der Waals surface area contributed by atoms with E-state index in [0.29, 0.717) is 24.3 Å². The van der Waals surface area contributed by atoms with Crippen LogP contribution < -0.4 is 15.8 Å². The molecule has 0 saturated carbocycles. The van der Waals surface area contributed by atoms with Gasteiger partial charge in [0, 0.05) is 6.54 Å². The summed E-state index contributed by atoms with van der Waals surface area (Å²) in [7, 11) is 0. The number of ether oxygens (including phenoxy) is 1. The van der Waals surface area contributed by atoms with Crippen LogP contribution in [0.1, 0.15) is 30.0 Å². The van der Waals surface area contributed by atoms with Gasteiger partial charge in [-0.2, -0.15) is 13.2 Å². The first-order chi connectivity index (χ1) is 12.3. The maximum Gasteiger partial charge on any atom is 0.416 e. The molecule has 2 aromatic rings. The Bertz CT molecular complexity index is 736. The Kier molecular flexibility index (Phi) is 8.59. The lowest BCUT2D eigenvalue weighted by Gasteiger charge is -2.11. The van der Waals surface area contributed by atoms with Crippen LogP contribution in [0.5, 0.6) is 5.75 Å². The van der Waals surface area contributed by atoms with E-state index >= 15 is 0 Å². The zero-order valence-corrected chi connectivity index (χ0v) is 15.6. The summed E-state index contributed by atoms with van der Waals surface area (Å²) >= 11 is 0. The summed E-state index contributed by atoms with van der Waals surface area (Å²) in [4.78, 5) is 11.6. The predicted octanol–water partition coefficient (Wildman–Crippen LogP) is 4.06. The number of hydrogen-bond donors (Lipinski definition) is 2. The summed E-state index contributed by atoms with van der Waals surface area (Å²) < 4.78 is 43.6. The predicted molar refractivity (Wildman–Crippen MR) is 99.6 cm³/mol. The third kappa shape index (κ3) is 7.11. The Morgan fingerprint density at radius 2 is 1.81 bits per heavy atom. The van der Waals surface area contributed by atoms with Gasteiger partial charge in [-0.3, -0.25) is 4.79 Å². The van der Waals surface area contributed by atoms with Crippen molar-refractivity contribution in [3.8, 4) is 5.75 Å². The van der Waals surface area contributed by atoms with Crippen molar-refractivity contribution in [1.82, 2.24) is 5.32 Å². The molecule has 0 aromatic heterocycles. The van der Waals surface area contributed by atoms with Gasteiger partial charge in [-0.25, -0.2) is 0 Å². The fourth-order valence-electron chi connectivity index (χ4n) is 2.21. The van der Waals surface area contributed by atoms with Crippen LogP contribution in [0.4, 0.5) is 13.2 Å². The lowest BCUT2D eigenvalue weighted by atomic mass is 10.1. The molecule has 4 nitrogen and oxygen atoms in total. The highest BCUT2D eigenvalue weighted by Crippen LogP contribution is 2.29. The summed E-state index contributed by atoms with van der Waals surface area (Å²) in [5.74, 6) is 0.320. The molecular weight excluding hydrogens is 381 g/mol. The number of alkyl halides is 3. The van der Waals surface area contributed by atoms with Gasteiger partial charge in [0.15, 0.2) is 0 Å². The molecule has 0 aliphatic heterocycles. The quantitative estimate of drug-likeness (QED) is 0.734. The smallest absolute Gasteiger partial charge is 0.416 e. The van der Waals surface area contributed by atoms with Crippen LogP contribution >= 0.6 is 12.4 Å². The van der Waals surface area contributed by atoms with Crippen LogP contribution in [-0.4, -0.2) is 11.9 Å². The van der Waals surface area contributed by atoms with E-state index in [1.54, 1.807) is 30.3 Å². The van der Waals surface area contributed by atoms with Crippen molar-refractivity contribution < 1.29 is 22.7 Å². The minimum Gasteiger partial charge on any atom is -0.489 e. The van der Waals surface area contributed by atoms with Crippen molar-refractivity contribution in [2.24, 2.45) is 5.73 Å². The van der Waals surface area contributed by atoms with E-state index in [1.807, 2.05) is 6.92 Å². The Morgan fingerprint density at radius 3 is 2.41 bits per heavy atom. The molecule has 148 valence electrons. The molecule has 0 aliphatic carbocycles. The molecule has 0 spiro atoms. The Hall–Kier alpha value is -2.25. The van der Waals surface area contributed by atoms with E-state index < -0.39 is 17.8 Å². The third-order valence-electron chi connectivity index (χ3n) is 3.83. The normalized spacial score (nSPS) is 12.0. The molecule has 1 amide bonds. The second-order valence-electron chi connectivity index (χ2n) is 5.86. The molecule has 2 aromatic carbocycles. The van der Waals surface area contributed by atoms with Gasteiger partial charge in [0.25, 0.3) is 0 Å². The Morgan fingerprint density at radius 1 is 1.15 bits per heavy atom. The first-order valence-electron chi connectivity index (χ1n) is 8.20. The lowest BCUT2D eigenvalue weighted by Crippen LogP contribution is -2.39. The molecule has 0 heterocycles. The van der Waals surface area contributed by atoms with Crippen LogP contribution in [0.15, 0.2) is 48.5 Å². The molecule has 0 fully saturated rings.